The Kier molecular flexibility index (Phi) is 3.89. The number of hydrogen-bond acceptors (Lipinski definition) is 1. The Morgan fingerprint density at radius 1 is 0.564 bits per heavy atom. The van der Waals surface area contributed by atoms with E-state index < -0.39 is 0 Å². The maximum atomic E-state index is 6.54. The molecule has 0 N–H and O–H groups in total. The van der Waals surface area contributed by atoms with Crippen molar-refractivity contribution in [3.63, 3.8) is 0 Å². The van der Waals surface area contributed by atoms with E-state index in [0.717, 1.165) is 27.6 Å². The van der Waals surface area contributed by atoms with Crippen LogP contribution in [0.15, 0.2) is 120 Å². The minimum absolute atomic E-state index is 0.0261. The molecule has 0 unspecified atom stereocenters. The first-order valence-corrected chi connectivity index (χ1v) is 13.6. The van der Waals surface area contributed by atoms with Gasteiger partial charge < -0.3 is 8.98 Å². The largest absolute Gasteiger partial charge is 0.454 e. The molecule has 8 aromatic rings. The van der Waals surface area contributed by atoms with Crippen LogP contribution in [-0.4, -0.2) is 4.57 Å². The average molecular weight is 500 g/mol. The van der Waals surface area contributed by atoms with Crippen LogP contribution in [0.4, 0.5) is 0 Å². The van der Waals surface area contributed by atoms with Crippen molar-refractivity contribution in [2.75, 3.05) is 0 Å². The molecule has 9 rings (SSSR count). The van der Waals surface area contributed by atoms with Crippen molar-refractivity contribution in [3.8, 4) is 16.8 Å². The van der Waals surface area contributed by atoms with Gasteiger partial charge in [-0.2, -0.15) is 0 Å². The molecule has 0 aliphatic heterocycles. The van der Waals surface area contributed by atoms with Gasteiger partial charge in [0.1, 0.15) is 5.58 Å². The van der Waals surface area contributed by atoms with Crippen LogP contribution in [-0.2, 0) is 5.41 Å². The fraction of sp³-hybridized carbons (Fsp3) is 0.0811. The minimum atomic E-state index is -0.0261. The van der Waals surface area contributed by atoms with E-state index in [1.807, 2.05) is 6.07 Å². The predicted octanol–water partition coefficient (Wildman–Crippen LogP) is 10.1. The van der Waals surface area contributed by atoms with E-state index in [2.05, 4.69) is 128 Å². The Labute approximate surface area is 225 Å². The van der Waals surface area contributed by atoms with E-state index in [4.69, 9.17) is 4.42 Å². The average Bonchev–Trinajstić information content (AvgIpc) is 3.59. The van der Waals surface area contributed by atoms with Crippen molar-refractivity contribution in [2.45, 2.75) is 19.3 Å². The van der Waals surface area contributed by atoms with Gasteiger partial charge in [0.2, 0.25) is 0 Å². The van der Waals surface area contributed by atoms with Crippen LogP contribution in [0, 0.1) is 0 Å². The van der Waals surface area contributed by atoms with Gasteiger partial charge in [-0.05, 0) is 58.0 Å². The Balaban J connectivity index is 1.47. The van der Waals surface area contributed by atoms with Crippen LogP contribution < -0.4 is 0 Å². The van der Waals surface area contributed by atoms with E-state index in [-0.39, 0.29) is 5.41 Å². The summed E-state index contributed by atoms with van der Waals surface area (Å²) >= 11 is 0. The van der Waals surface area contributed by atoms with Gasteiger partial charge in [0, 0.05) is 32.3 Å². The van der Waals surface area contributed by atoms with E-state index in [0.29, 0.717) is 0 Å². The number of aromatic nitrogens is 1. The summed E-state index contributed by atoms with van der Waals surface area (Å²) in [6.45, 7) is 4.70. The molecule has 2 nitrogen and oxygen atoms in total. The summed E-state index contributed by atoms with van der Waals surface area (Å²) in [6, 6.07) is 41.9. The SMILES string of the molecule is CC1(C)c2ccccc2-c2cc3c(ccc4c5ccccc5n(-c5cccc6c5oc5ccccc56)c34)cc21. The van der Waals surface area contributed by atoms with Crippen molar-refractivity contribution in [3.05, 3.63) is 126 Å². The molecule has 2 aromatic heterocycles. The second-order valence-electron chi connectivity index (χ2n) is 11.4. The summed E-state index contributed by atoms with van der Waals surface area (Å²) in [5.41, 5.74) is 10.8. The molecule has 39 heavy (non-hydrogen) atoms. The zero-order chi connectivity index (χ0) is 25.9. The molecule has 0 atom stereocenters. The highest BCUT2D eigenvalue weighted by molar-refractivity contribution is 6.20. The lowest BCUT2D eigenvalue weighted by atomic mass is 9.82. The van der Waals surface area contributed by atoms with E-state index in [1.54, 1.807) is 0 Å². The fourth-order valence-corrected chi connectivity index (χ4v) is 7.14. The number of hydrogen-bond donors (Lipinski definition) is 0. The molecule has 1 aliphatic carbocycles. The quantitative estimate of drug-likeness (QED) is 0.220. The van der Waals surface area contributed by atoms with Gasteiger partial charge in [0.15, 0.2) is 5.58 Å². The van der Waals surface area contributed by atoms with Crippen molar-refractivity contribution in [1.82, 2.24) is 4.57 Å². The summed E-state index contributed by atoms with van der Waals surface area (Å²) < 4.78 is 8.97. The van der Waals surface area contributed by atoms with Gasteiger partial charge >= 0.3 is 0 Å². The summed E-state index contributed by atoms with van der Waals surface area (Å²) in [6.07, 6.45) is 0. The highest BCUT2D eigenvalue weighted by atomic mass is 16.3. The smallest absolute Gasteiger partial charge is 0.159 e. The fourth-order valence-electron chi connectivity index (χ4n) is 7.14. The first-order chi connectivity index (χ1) is 19.1. The van der Waals surface area contributed by atoms with Crippen molar-refractivity contribution < 1.29 is 4.42 Å². The van der Waals surface area contributed by atoms with Gasteiger partial charge in [0.25, 0.3) is 0 Å². The molecule has 0 spiro atoms. The molecule has 2 heterocycles. The van der Waals surface area contributed by atoms with Crippen LogP contribution in [0.3, 0.4) is 0 Å². The Hall–Kier alpha value is -4.82. The maximum absolute atomic E-state index is 6.54. The zero-order valence-corrected chi connectivity index (χ0v) is 21.8. The standard InChI is InChI=1S/C37H25NO/c1-37(2)30-14-6-3-10-23(30)29-21-28-22(20-31(29)37)18-19-26-24-11-4-7-15-32(24)38(35(26)28)33-16-9-13-27-25-12-5-8-17-34(25)39-36(27)33/h3-21H,1-2H3. The highest BCUT2D eigenvalue weighted by Crippen LogP contribution is 2.51. The summed E-state index contributed by atoms with van der Waals surface area (Å²) in [4.78, 5) is 0. The number of para-hydroxylation sites is 3. The van der Waals surface area contributed by atoms with Gasteiger partial charge in [-0.1, -0.05) is 98.8 Å². The molecule has 0 amide bonds. The first-order valence-electron chi connectivity index (χ1n) is 13.6. The Morgan fingerprint density at radius 2 is 1.33 bits per heavy atom. The Morgan fingerprint density at radius 3 is 2.26 bits per heavy atom. The van der Waals surface area contributed by atoms with Gasteiger partial charge in [0.05, 0.1) is 16.7 Å². The lowest BCUT2D eigenvalue weighted by molar-refractivity contribution is 0.661. The molecule has 6 aromatic carbocycles. The van der Waals surface area contributed by atoms with E-state index >= 15 is 0 Å². The topological polar surface area (TPSA) is 18.1 Å². The minimum Gasteiger partial charge on any atom is -0.454 e. The van der Waals surface area contributed by atoms with Crippen molar-refractivity contribution in [1.29, 1.82) is 0 Å². The molecule has 2 heteroatoms. The van der Waals surface area contributed by atoms with E-state index in [1.165, 1.54) is 54.8 Å². The Bertz CT molecular complexity index is 2310. The second-order valence-corrected chi connectivity index (χ2v) is 11.4. The van der Waals surface area contributed by atoms with Crippen molar-refractivity contribution >= 4 is 54.5 Å². The summed E-state index contributed by atoms with van der Waals surface area (Å²) in [7, 11) is 0. The number of fused-ring (bicyclic) bond motifs is 11. The number of nitrogens with zero attached hydrogens (tertiary/aromatic N) is 1. The maximum Gasteiger partial charge on any atom is 0.159 e. The molecule has 1 aliphatic rings. The van der Waals surface area contributed by atoms with Crippen LogP contribution in [0.1, 0.15) is 25.0 Å². The van der Waals surface area contributed by atoms with Gasteiger partial charge in [-0.15, -0.1) is 0 Å². The van der Waals surface area contributed by atoms with Crippen LogP contribution >= 0.6 is 0 Å². The summed E-state index contributed by atoms with van der Waals surface area (Å²) in [5.74, 6) is 0. The lowest BCUT2D eigenvalue weighted by Gasteiger charge is -2.21. The monoisotopic (exact) mass is 499 g/mol. The zero-order valence-electron chi connectivity index (χ0n) is 21.8. The molecule has 184 valence electrons. The van der Waals surface area contributed by atoms with E-state index in [9.17, 15) is 0 Å². The molecule has 0 bridgehead atoms. The summed E-state index contributed by atoms with van der Waals surface area (Å²) in [5, 5.41) is 7.34. The molecular formula is C37H25NO. The number of furan rings is 1. The number of rotatable bonds is 1. The molecule has 0 radical (unpaired) electrons. The molecule has 0 saturated heterocycles. The van der Waals surface area contributed by atoms with Gasteiger partial charge in [-0.25, -0.2) is 0 Å². The van der Waals surface area contributed by atoms with Crippen LogP contribution in [0.25, 0.3) is 71.3 Å². The highest BCUT2D eigenvalue weighted by Gasteiger charge is 2.35. The molecule has 0 saturated carbocycles. The third kappa shape index (κ3) is 2.61. The molecule has 0 fully saturated rings. The van der Waals surface area contributed by atoms with Crippen molar-refractivity contribution in [2.24, 2.45) is 0 Å². The molecular weight excluding hydrogens is 474 g/mol. The number of benzene rings is 6. The van der Waals surface area contributed by atoms with Gasteiger partial charge in [-0.3, -0.25) is 0 Å². The second kappa shape index (κ2) is 7.18. The van der Waals surface area contributed by atoms with Crippen LogP contribution in [0.2, 0.25) is 0 Å². The first kappa shape index (κ1) is 21.2. The normalized spacial score (nSPS) is 14.1. The van der Waals surface area contributed by atoms with Crippen LogP contribution in [0.5, 0.6) is 0 Å². The third-order valence-corrected chi connectivity index (χ3v) is 8.98. The predicted molar refractivity (Wildman–Crippen MR) is 163 cm³/mol. The lowest BCUT2D eigenvalue weighted by Crippen LogP contribution is -2.14. The third-order valence-electron chi connectivity index (χ3n) is 8.98.